The van der Waals surface area contributed by atoms with E-state index in [1.807, 2.05) is 30.3 Å². The molecule has 0 spiro atoms. The van der Waals surface area contributed by atoms with Gasteiger partial charge in [-0.15, -0.1) is 11.3 Å². The van der Waals surface area contributed by atoms with Crippen molar-refractivity contribution in [2.24, 2.45) is 0 Å². The number of nitrogens with one attached hydrogen (secondary N) is 2. The largest absolute Gasteiger partial charge is 0.486 e. The Bertz CT molecular complexity index is 871. The standard InChI is InChI=1S/C27H39N3O3S/c1-2-3-4-5-6-7-11-18-25(31)28-22-16-12-13-17-23(22)30-27(32)24-20-34-26(29-24)19-33-21-14-9-8-10-15-21/h8-10,14-15,20,22-23H,2-7,11-13,16-19H2,1H3,(H,28,31)(H,30,32)/t22-,23-/m0/s1. The van der Waals surface area contributed by atoms with Crippen LogP contribution in [0.15, 0.2) is 35.7 Å². The van der Waals surface area contributed by atoms with E-state index in [9.17, 15) is 9.59 Å². The van der Waals surface area contributed by atoms with Crippen molar-refractivity contribution >= 4 is 23.2 Å². The van der Waals surface area contributed by atoms with Gasteiger partial charge in [0.1, 0.15) is 23.1 Å². The van der Waals surface area contributed by atoms with E-state index in [1.165, 1.54) is 43.4 Å². The van der Waals surface area contributed by atoms with Gasteiger partial charge in [-0.1, -0.05) is 76.5 Å². The zero-order valence-corrected chi connectivity index (χ0v) is 21.2. The third kappa shape index (κ3) is 9.09. The molecule has 34 heavy (non-hydrogen) atoms. The van der Waals surface area contributed by atoms with E-state index in [2.05, 4.69) is 22.5 Å². The number of hydrogen-bond acceptors (Lipinski definition) is 5. The maximum atomic E-state index is 12.8. The Balaban J connectivity index is 1.41. The van der Waals surface area contributed by atoms with Crippen molar-refractivity contribution in [3.63, 3.8) is 0 Å². The Hall–Kier alpha value is -2.41. The number of carbonyl (C=O) groups is 2. The molecule has 1 aliphatic rings. The molecule has 2 amide bonds. The number of aromatic nitrogens is 1. The first kappa shape index (κ1) is 26.2. The van der Waals surface area contributed by atoms with Gasteiger partial charge in [-0.25, -0.2) is 4.98 Å². The lowest BCUT2D eigenvalue weighted by Gasteiger charge is -2.32. The number of amides is 2. The van der Waals surface area contributed by atoms with E-state index in [4.69, 9.17) is 4.74 Å². The highest BCUT2D eigenvalue weighted by Crippen LogP contribution is 2.20. The lowest BCUT2D eigenvalue weighted by atomic mass is 9.90. The summed E-state index contributed by atoms with van der Waals surface area (Å²) < 4.78 is 5.73. The van der Waals surface area contributed by atoms with Gasteiger partial charge in [0.05, 0.1) is 0 Å². The normalized spacial score (nSPS) is 17.8. The molecular weight excluding hydrogens is 446 g/mol. The maximum absolute atomic E-state index is 12.8. The van der Waals surface area contributed by atoms with E-state index in [-0.39, 0.29) is 23.9 Å². The molecule has 1 saturated carbocycles. The average molecular weight is 486 g/mol. The molecule has 1 fully saturated rings. The average Bonchev–Trinajstić information content (AvgIpc) is 3.33. The number of unbranched alkanes of at least 4 members (excludes halogenated alkanes) is 6. The predicted octanol–water partition coefficient (Wildman–Crippen LogP) is 6.02. The summed E-state index contributed by atoms with van der Waals surface area (Å²) in [5, 5.41) is 8.85. The van der Waals surface area contributed by atoms with Gasteiger partial charge >= 0.3 is 0 Å². The molecule has 1 aromatic carbocycles. The van der Waals surface area contributed by atoms with Crippen LogP contribution in [0.4, 0.5) is 0 Å². The smallest absolute Gasteiger partial charge is 0.271 e. The summed E-state index contributed by atoms with van der Waals surface area (Å²) in [6.07, 6.45) is 12.9. The third-order valence-corrected chi connectivity index (χ3v) is 7.15. The van der Waals surface area contributed by atoms with Gasteiger partial charge in [0.2, 0.25) is 5.91 Å². The Kier molecular flexibility index (Phi) is 11.4. The zero-order chi connectivity index (χ0) is 24.0. The Morgan fingerprint density at radius 3 is 2.38 bits per heavy atom. The number of para-hydroxylation sites is 1. The number of carbonyl (C=O) groups excluding carboxylic acids is 2. The van der Waals surface area contributed by atoms with Crippen LogP contribution >= 0.6 is 11.3 Å². The fourth-order valence-corrected chi connectivity index (χ4v) is 5.07. The molecule has 7 heteroatoms. The minimum absolute atomic E-state index is 0.00530. The van der Waals surface area contributed by atoms with Crippen LogP contribution in [0, 0.1) is 0 Å². The first-order chi connectivity index (χ1) is 16.7. The van der Waals surface area contributed by atoms with Gasteiger partial charge in [0.25, 0.3) is 5.91 Å². The molecular formula is C27H39N3O3S. The number of nitrogens with zero attached hydrogens (tertiary/aromatic N) is 1. The second kappa shape index (κ2) is 14.8. The molecule has 2 aromatic rings. The number of thiazole rings is 1. The molecule has 0 unspecified atom stereocenters. The van der Waals surface area contributed by atoms with E-state index in [1.54, 1.807) is 5.38 Å². The minimum Gasteiger partial charge on any atom is -0.486 e. The SMILES string of the molecule is CCCCCCCCCC(=O)N[C@H]1CCCC[C@@H]1NC(=O)c1csc(COc2ccccc2)n1. The van der Waals surface area contributed by atoms with Gasteiger partial charge < -0.3 is 15.4 Å². The molecule has 0 saturated heterocycles. The molecule has 0 radical (unpaired) electrons. The van der Waals surface area contributed by atoms with Crippen molar-refractivity contribution in [3.05, 3.63) is 46.4 Å². The lowest BCUT2D eigenvalue weighted by Crippen LogP contribution is -2.53. The van der Waals surface area contributed by atoms with Gasteiger partial charge in [-0.3, -0.25) is 9.59 Å². The van der Waals surface area contributed by atoms with Crippen molar-refractivity contribution in [3.8, 4) is 5.75 Å². The Labute approximate surface area is 207 Å². The second-order valence-electron chi connectivity index (χ2n) is 9.14. The van der Waals surface area contributed by atoms with Crippen LogP contribution in [0.5, 0.6) is 5.75 Å². The first-order valence-corrected chi connectivity index (χ1v) is 13.8. The number of ether oxygens (including phenoxy) is 1. The molecule has 1 heterocycles. The summed E-state index contributed by atoms with van der Waals surface area (Å²) in [5.74, 6) is 0.704. The summed E-state index contributed by atoms with van der Waals surface area (Å²) >= 11 is 1.42. The summed E-state index contributed by atoms with van der Waals surface area (Å²) in [6, 6.07) is 9.52. The van der Waals surface area contributed by atoms with Crippen LogP contribution in [0.2, 0.25) is 0 Å². The minimum atomic E-state index is -0.180. The van der Waals surface area contributed by atoms with Gasteiger partial charge in [0.15, 0.2) is 0 Å². The molecule has 1 aromatic heterocycles. The highest BCUT2D eigenvalue weighted by Gasteiger charge is 2.28. The molecule has 186 valence electrons. The van der Waals surface area contributed by atoms with Crippen LogP contribution < -0.4 is 15.4 Å². The van der Waals surface area contributed by atoms with E-state index in [0.717, 1.165) is 49.3 Å². The molecule has 6 nitrogen and oxygen atoms in total. The summed E-state index contributed by atoms with van der Waals surface area (Å²) in [7, 11) is 0. The topological polar surface area (TPSA) is 80.3 Å². The van der Waals surface area contributed by atoms with Crippen molar-refractivity contribution in [1.29, 1.82) is 0 Å². The molecule has 2 atom stereocenters. The van der Waals surface area contributed by atoms with Gasteiger partial charge in [-0.2, -0.15) is 0 Å². The zero-order valence-electron chi connectivity index (χ0n) is 20.4. The van der Waals surface area contributed by atoms with E-state index < -0.39 is 0 Å². The fraction of sp³-hybridized carbons (Fsp3) is 0.593. The summed E-state index contributed by atoms with van der Waals surface area (Å²) in [6.45, 7) is 2.56. The van der Waals surface area contributed by atoms with E-state index in [0.29, 0.717) is 18.7 Å². The van der Waals surface area contributed by atoms with Gasteiger partial charge in [0, 0.05) is 23.9 Å². The highest BCUT2D eigenvalue weighted by atomic mass is 32.1. The van der Waals surface area contributed by atoms with Crippen LogP contribution in [0.1, 0.15) is 99.5 Å². The predicted molar refractivity (Wildman–Crippen MR) is 137 cm³/mol. The summed E-state index contributed by atoms with van der Waals surface area (Å²) in [4.78, 5) is 29.8. The highest BCUT2D eigenvalue weighted by molar-refractivity contribution is 7.09. The summed E-state index contributed by atoms with van der Waals surface area (Å²) in [5.41, 5.74) is 0.412. The third-order valence-electron chi connectivity index (χ3n) is 6.33. The number of benzene rings is 1. The molecule has 1 aliphatic carbocycles. The van der Waals surface area contributed by atoms with Crippen molar-refractivity contribution in [2.75, 3.05) is 0 Å². The molecule has 0 bridgehead atoms. The second-order valence-corrected chi connectivity index (χ2v) is 10.1. The molecule has 3 rings (SSSR count). The van der Waals surface area contributed by atoms with Crippen molar-refractivity contribution in [2.45, 2.75) is 103 Å². The van der Waals surface area contributed by atoms with Crippen LogP contribution in [-0.4, -0.2) is 28.9 Å². The monoisotopic (exact) mass is 485 g/mol. The van der Waals surface area contributed by atoms with Crippen LogP contribution in [0.25, 0.3) is 0 Å². The molecule has 0 aliphatic heterocycles. The van der Waals surface area contributed by atoms with Crippen molar-refractivity contribution in [1.82, 2.24) is 15.6 Å². The fourth-order valence-electron chi connectivity index (χ4n) is 4.38. The maximum Gasteiger partial charge on any atom is 0.271 e. The number of rotatable bonds is 14. The first-order valence-electron chi connectivity index (χ1n) is 12.9. The van der Waals surface area contributed by atoms with E-state index >= 15 is 0 Å². The molecule has 2 N–H and O–H groups in total. The van der Waals surface area contributed by atoms with Crippen LogP contribution in [-0.2, 0) is 11.4 Å². The van der Waals surface area contributed by atoms with Crippen LogP contribution in [0.3, 0.4) is 0 Å². The van der Waals surface area contributed by atoms with Gasteiger partial charge in [-0.05, 0) is 31.4 Å². The lowest BCUT2D eigenvalue weighted by molar-refractivity contribution is -0.122. The number of hydrogen-bond donors (Lipinski definition) is 2. The Morgan fingerprint density at radius 2 is 1.65 bits per heavy atom. The quantitative estimate of drug-likeness (QED) is 0.321. The van der Waals surface area contributed by atoms with Crippen molar-refractivity contribution < 1.29 is 14.3 Å². The Morgan fingerprint density at radius 1 is 0.971 bits per heavy atom.